The second kappa shape index (κ2) is 27.2. The minimum absolute atomic E-state index is 0.000340. The summed E-state index contributed by atoms with van der Waals surface area (Å²) < 4.78 is 16.4. The third-order valence-corrected chi connectivity index (χ3v) is 9.02. The van der Waals surface area contributed by atoms with Gasteiger partial charge in [-0.15, -0.1) is 0 Å². The van der Waals surface area contributed by atoms with Gasteiger partial charge in [0.05, 0.1) is 26.4 Å². The Bertz CT molecular complexity index is 1960. The Morgan fingerprint density at radius 1 is 0.603 bits per heavy atom. The van der Waals surface area contributed by atoms with Gasteiger partial charge in [-0.05, 0) is 67.6 Å². The predicted molar refractivity (Wildman–Crippen MR) is 231 cm³/mol. The van der Waals surface area contributed by atoms with Crippen molar-refractivity contribution in [1.82, 2.24) is 36.6 Å². The molecule has 0 aliphatic carbocycles. The third-order valence-electron chi connectivity index (χ3n) is 9.02. The Labute approximate surface area is 364 Å². The van der Waals surface area contributed by atoms with Crippen LogP contribution in [0, 0.1) is 5.41 Å². The highest BCUT2D eigenvalue weighted by molar-refractivity contribution is 6.03. The number of carbonyl (C=O) groups is 5. The molecule has 0 spiro atoms. The van der Waals surface area contributed by atoms with Gasteiger partial charge in [-0.25, -0.2) is 9.97 Å². The van der Waals surface area contributed by atoms with Crippen molar-refractivity contribution in [1.29, 1.82) is 5.41 Å². The lowest BCUT2D eigenvalue weighted by molar-refractivity contribution is -0.130. The Morgan fingerprint density at radius 3 is 1.56 bits per heavy atom. The highest BCUT2D eigenvalue weighted by atomic mass is 16.5. The van der Waals surface area contributed by atoms with Crippen LogP contribution in [-0.4, -0.2) is 133 Å². The molecule has 5 amide bonds. The number of phenolic OH excluding ortho intramolecular Hbond substituents is 2. The number of nitrogens with two attached hydrogens (primary N) is 5. The molecule has 3 aromatic rings. The number of ether oxygens (including phenoxy) is 3. The maximum Gasteiger partial charge on any atom is 0.274 e. The monoisotopic (exact) mass is 881 g/mol. The molecule has 1 unspecified atom stereocenters. The van der Waals surface area contributed by atoms with Gasteiger partial charge in [0, 0.05) is 39.1 Å². The van der Waals surface area contributed by atoms with Gasteiger partial charge in [0.2, 0.25) is 17.7 Å². The summed E-state index contributed by atoms with van der Waals surface area (Å²) in [5.41, 5.74) is 28.6. The third kappa shape index (κ3) is 18.8. The molecule has 0 bridgehead atoms. The van der Waals surface area contributed by atoms with Crippen LogP contribution in [0.25, 0.3) is 0 Å². The number of phenols is 2. The summed E-state index contributed by atoms with van der Waals surface area (Å²) in [6, 6.07) is 8.26. The van der Waals surface area contributed by atoms with Gasteiger partial charge in [-0.2, -0.15) is 0 Å². The number of guanidine groups is 1. The molecule has 23 heteroatoms. The lowest BCUT2D eigenvalue weighted by Gasteiger charge is -2.24. The molecule has 0 saturated carbocycles. The largest absolute Gasteiger partial charge is 0.508 e. The van der Waals surface area contributed by atoms with E-state index < -0.39 is 70.7 Å². The molecule has 3 rings (SSSR count). The zero-order valence-corrected chi connectivity index (χ0v) is 34.9. The predicted octanol–water partition coefficient (Wildman–Crippen LogP) is -2.13. The van der Waals surface area contributed by atoms with Crippen LogP contribution in [-0.2, 0) is 41.4 Å². The fourth-order valence-electron chi connectivity index (χ4n) is 5.72. The molecule has 3 atom stereocenters. The molecule has 1 heterocycles. The van der Waals surface area contributed by atoms with Gasteiger partial charge in [0.25, 0.3) is 11.8 Å². The highest BCUT2D eigenvalue weighted by Gasteiger charge is 2.30. The fourth-order valence-corrected chi connectivity index (χ4v) is 5.72. The molecular formula is C40H59N13O10. The van der Waals surface area contributed by atoms with Crippen LogP contribution in [0.1, 0.15) is 57.8 Å². The van der Waals surface area contributed by atoms with Gasteiger partial charge >= 0.3 is 0 Å². The van der Waals surface area contributed by atoms with E-state index in [9.17, 15) is 34.2 Å². The van der Waals surface area contributed by atoms with E-state index in [1.807, 2.05) is 0 Å². The topological polar surface area (TPSA) is 393 Å². The van der Waals surface area contributed by atoms with Crippen molar-refractivity contribution in [3.8, 4) is 11.5 Å². The molecule has 344 valence electrons. The highest BCUT2D eigenvalue weighted by Crippen LogP contribution is 2.16. The second-order valence-electron chi connectivity index (χ2n) is 14.1. The number of anilines is 2. The number of aromatic nitrogens is 2. The zero-order valence-electron chi connectivity index (χ0n) is 34.9. The van der Waals surface area contributed by atoms with E-state index in [1.54, 1.807) is 12.1 Å². The van der Waals surface area contributed by atoms with Crippen LogP contribution < -0.4 is 55.3 Å². The molecule has 1 aromatic heterocycles. The summed E-state index contributed by atoms with van der Waals surface area (Å²) in [5.74, 6) is -5.52. The second-order valence-corrected chi connectivity index (χ2v) is 14.1. The van der Waals surface area contributed by atoms with E-state index >= 15 is 0 Å². The van der Waals surface area contributed by atoms with Crippen LogP contribution >= 0.6 is 0 Å². The minimum atomic E-state index is -1.31. The average Bonchev–Trinajstić information content (AvgIpc) is 3.24. The van der Waals surface area contributed by atoms with Crippen LogP contribution in [0.15, 0.2) is 48.5 Å². The van der Waals surface area contributed by atoms with Crippen LogP contribution in [0.3, 0.4) is 0 Å². The van der Waals surface area contributed by atoms with Crippen molar-refractivity contribution < 1.29 is 48.4 Å². The van der Waals surface area contributed by atoms with E-state index in [0.717, 1.165) is 6.42 Å². The maximum atomic E-state index is 13.9. The lowest BCUT2D eigenvalue weighted by atomic mass is 10.0. The first-order valence-corrected chi connectivity index (χ1v) is 20.2. The van der Waals surface area contributed by atoms with Crippen LogP contribution in [0.4, 0.5) is 11.6 Å². The zero-order chi connectivity index (χ0) is 46.1. The molecule has 0 radical (unpaired) electrons. The summed E-state index contributed by atoms with van der Waals surface area (Å²) >= 11 is 0. The lowest BCUT2D eigenvalue weighted by Crippen LogP contribution is -2.54. The van der Waals surface area contributed by atoms with Gasteiger partial charge in [-0.1, -0.05) is 24.3 Å². The van der Waals surface area contributed by atoms with Crippen molar-refractivity contribution in [2.24, 2.45) is 17.2 Å². The summed E-state index contributed by atoms with van der Waals surface area (Å²) in [5, 5.41) is 39.9. The number of nitrogen functional groups attached to an aromatic ring is 2. The molecular weight excluding hydrogens is 823 g/mol. The van der Waals surface area contributed by atoms with Crippen molar-refractivity contribution >= 4 is 47.1 Å². The molecule has 23 nitrogen and oxygen atoms in total. The number of amides is 5. The summed E-state index contributed by atoms with van der Waals surface area (Å²) in [6.07, 6.45) is 1.40. The Morgan fingerprint density at radius 2 is 1.06 bits per heavy atom. The quantitative estimate of drug-likeness (QED) is 0.0201. The van der Waals surface area contributed by atoms with Gasteiger partial charge < -0.3 is 79.7 Å². The molecule has 0 fully saturated rings. The average molecular weight is 882 g/mol. The number of carbonyl (C=O) groups excluding carboxylic acids is 5. The van der Waals surface area contributed by atoms with E-state index in [0.29, 0.717) is 63.7 Å². The molecule has 63 heavy (non-hydrogen) atoms. The van der Waals surface area contributed by atoms with Gasteiger partial charge in [0.1, 0.15) is 29.6 Å². The molecule has 0 saturated heterocycles. The Balaban J connectivity index is 1.69. The van der Waals surface area contributed by atoms with Gasteiger partial charge in [0.15, 0.2) is 29.0 Å². The van der Waals surface area contributed by atoms with Crippen molar-refractivity contribution in [3.63, 3.8) is 0 Å². The number of nitrogens with one attached hydrogen (secondary N) is 6. The number of hydrogen-bond donors (Lipinski definition) is 13. The van der Waals surface area contributed by atoms with E-state index in [4.69, 9.17) is 48.3 Å². The number of hydrogen-bond acceptors (Lipinski definition) is 16. The maximum absolute atomic E-state index is 13.9. The number of nitrogens with zero attached hydrogens (tertiary/aromatic N) is 2. The fraction of sp³-hybridized carbons (Fsp3) is 0.450. The number of benzene rings is 2. The van der Waals surface area contributed by atoms with Crippen molar-refractivity contribution in [3.05, 3.63) is 71.0 Å². The van der Waals surface area contributed by atoms with Crippen molar-refractivity contribution in [2.75, 3.05) is 70.7 Å². The van der Waals surface area contributed by atoms with Crippen LogP contribution in [0.2, 0.25) is 0 Å². The van der Waals surface area contributed by atoms with E-state index in [1.165, 1.54) is 36.4 Å². The SMILES string of the molecule is N=C(N)NCCC[C@H](NC(=O)c1nc(N)c(C(=O)N[C@@H](Cc2ccc(O)cc2)C(N)=O)nc1N)C(=O)NC(Cc1ccc(O)cc1)C(=O)NCCCOCCOCCOCCCN. The first-order valence-electron chi connectivity index (χ1n) is 20.2. The van der Waals surface area contributed by atoms with Crippen LogP contribution in [0.5, 0.6) is 11.5 Å². The smallest absolute Gasteiger partial charge is 0.274 e. The number of primary amides is 1. The summed E-state index contributed by atoms with van der Waals surface area (Å²) in [6.45, 7) is 3.42. The van der Waals surface area contributed by atoms with E-state index in [2.05, 4.69) is 36.6 Å². The molecule has 18 N–H and O–H groups in total. The normalized spacial score (nSPS) is 12.3. The first kappa shape index (κ1) is 50.5. The van der Waals surface area contributed by atoms with Crippen molar-refractivity contribution in [2.45, 2.75) is 56.7 Å². The molecule has 2 aromatic carbocycles. The summed E-state index contributed by atoms with van der Waals surface area (Å²) in [7, 11) is 0. The molecule has 0 aliphatic rings. The first-order chi connectivity index (χ1) is 30.2. The molecule has 0 aliphatic heterocycles. The van der Waals surface area contributed by atoms with E-state index in [-0.39, 0.29) is 56.2 Å². The number of rotatable bonds is 29. The Kier molecular flexibility index (Phi) is 21.8. The van der Waals surface area contributed by atoms with Gasteiger partial charge in [-0.3, -0.25) is 29.4 Å². The standard InChI is InChI=1S/C40H59N13O10/c41-13-2-16-61-18-20-63-21-19-62-17-3-15-47-36(57)30(23-25-7-11-27(55)12-8-25)51-37(58)28(4-1-14-48-40(45)46)49-38(59)31-33(42)53-32(34(43)52-31)39(60)50-29(35(44)56)22-24-5-9-26(54)10-6-24/h5-12,28-30,54-55H,1-4,13-23,41H2,(H2,42,53)(H2,43,52)(H2,44,56)(H,47,57)(H,49,59)(H,50,60)(H,51,58)(H4,45,46,48)/t28-,29-,30?/m0/s1. The summed E-state index contributed by atoms with van der Waals surface area (Å²) in [4.78, 5) is 74.4. The number of aromatic hydroxyl groups is 2. The minimum Gasteiger partial charge on any atom is -0.508 e. The Hall–Kier alpha value is -6.82.